The molecule has 0 saturated heterocycles. The highest BCUT2D eigenvalue weighted by Crippen LogP contribution is 2.35. The fourth-order valence-corrected chi connectivity index (χ4v) is 0.841. The van der Waals surface area contributed by atoms with Gasteiger partial charge in [-0.25, -0.2) is 9.67 Å². The van der Waals surface area contributed by atoms with Gasteiger partial charge in [0.1, 0.15) is 12.7 Å². The van der Waals surface area contributed by atoms with Crippen LogP contribution in [0.15, 0.2) is 12.7 Å². The van der Waals surface area contributed by atoms with Gasteiger partial charge in [-0.15, -0.1) is 0 Å². The van der Waals surface area contributed by atoms with Crippen molar-refractivity contribution in [2.45, 2.75) is 40.2 Å². The summed E-state index contributed by atoms with van der Waals surface area (Å²) in [6.45, 7) is 10.9. The lowest BCUT2D eigenvalue weighted by Crippen LogP contribution is -2.40. The molecular weight excluding hydrogens is 150 g/mol. The molecule has 0 radical (unpaired) electrons. The predicted molar refractivity (Wildman–Crippen MR) is 48.8 cm³/mol. The Morgan fingerprint density at radius 2 is 1.67 bits per heavy atom. The molecule has 0 aliphatic rings. The maximum absolute atomic E-state index is 4.16. The SMILES string of the molecule is CC(C)(C)C(C)(C)n1cncn1. The second-order valence-corrected chi connectivity index (χ2v) is 4.65. The van der Waals surface area contributed by atoms with Crippen LogP contribution < -0.4 is 0 Å². The number of rotatable bonds is 1. The zero-order chi connectivity index (χ0) is 9.41. The molecule has 0 aliphatic heterocycles. The highest BCUT2D eigenvalue weighted by atomic mass is 15.4. The molecule has 0 atom stereocenters. The molecule has 3 heteroatoms. The number of hydrogen-bond acceptors (Lipinski definition) is 2. The van der Waals surface area contributed by atoms with Gasteiger partial charge in [0.15, 0.2) is 0 Å². The largest absolute Gasteiger partial charge is 0.247 e. The summed E-state index contributed by atoms with van der Waals surface area (Å²) in [5.74, 6) is 0. The van der Waals surface area contributed by atoms with Crippen LogP contribution in [-0.4, -0.2) is 14.8 Å². The molecule has 0 aromatic carbocycles. The standard InChI is InChI=1S/C9H17N3/c1-8(2,3)9(4,5)12-7-10-6-11-12/h6-7H,1-5H3. The summed E-state index contributed by atoms with van der Waals surface area (Å²) in [7, 11) is 0. The fourth-order valence-electron chi connectivity index (χ4n) is 0.841. The molecular formula is C9H17N3. The van der Waals surface area contributed by atoms with E-state index in [1.165, 1.54) is 0 Å². The maximum atomic E-state index is 4.16. The summed E-state index contributed by atoms with van der Waals surface area (Å²) < 4.78 is 1.91. The average molecular weight is 167 g/mol. The molecule has 3 nitrogen and oxygen atoms in total. The highest BCUT2D eigenvalue weighted by molar-refractivity contribution is 4.87. The van der Waals surface area contributed by atoms with Crippen LogP contribution in [0.25, 0.3) is 0 Å². The van der Waals surface area contributed by atoms with Crippen molar-refractivity contribution in [3.63, 3.8) is 0 Å². The Hall–Kier alpha value is -0.860. The zero-order valence-electron chi connectivity index (χ0n) is 8.50. The molecule has 0 N–H and O–H groups in total. The first-order valence-electron chi connectivity index (χ1n) is 4.21. The van der Waals surface area contributed by atoms with E-state index in [1.807, 2.05) is 4.68 Å². The molecule has 1 rings (SSSR count). The minimum atomic E-state index is 0.00347. The molecule has 68 valence electrons. The Morgan fingerprint density at radius 1 is 1.08 bits per heavy atom. The van der Waals surface area contributed by atoms with Gasteiger partial charge in [-0.3, -0.25) is 0 Å². The molecule has 1 aromatic rings. The van der Waals surface area contributed by atoms with Crippen LogP contribution in [0.5, 0.6) is 0 Å². The van der Waals surface area contributed by atoms with Crippen LogP contribution in [0.2, 0.25) is 0 Å². The highest BCUT2D eigenvalue weighted by Gasteiger charge is 2.34. The van der Waals surface area contributed by atoms with Gasteiger partial charge >= 0.3 is 0 Å². The van der Waals surface area contributed by atoms with E-state index < -0.39 is 0 Å². The van der Waals surface area contributed by atoms with E-state index in [2.05, 4.69) is 44.7 Å². The molecule has 1 aromatic heterocycles. The summed E-state index contributed by atoms with van der Waals surface area (Å²) in [5.41, 5.74) is 0.185. The third-order valence-electron chi connectivity index (χ3n) is 2.83. The van der Waals surface area contributed by atoms with Crippen molar-refractivity contribution in [1.82, 2.24) is 14.8 Å². The van der Waals surface area contributed by atoms with Crippen molar-refractivity contribution in [3.05, 3.63) is 12.7 Å². The Balaban J connectivity index is 3.02. The van der Waals surface area contributed by atoms with Crippen molar-refractivity contribution >= 4 is 0 Å². The number of aromatic nitrogens is 3. The second kappa shape index (κ2) is 2.57. The Morgan fingerprint density at radius 3 is 2.00 bits per heavy atom. The summed E-state index contributed by atoms with van der Waals surface area (Å²) in [6, 6.07) is 0. The van der Waals surface area contributed by atoms with Crippen LogP contribution in [0, 0.1) is 5.41 Å². The van der Waals surface area contributed by atoms with Crippen molar-refractivity contribution < 1.29 is 0 Å². The van der Waals surface area contributed by atoms with E-state index in [0.717, 1.165) is 0 Å². The molecule has 0 amide bonds. The van der Waals surface area contributed by atoms with Crippen LogP contribution in [0.4, 0.5) is 0 Å². The lowest BCUT2D eigenvalue weighted by Gasteiger charge is -2.38. The lowest BCUT2D eigenvalue weighted by atomic mass is 9.76. The normalized spacial score (nSPS) is 13.4. The zero-order valence-corrected chi connectivity index (χ0v) is 8.50. The molecule has 0 bridgehead atoms. The van der Waals surface area contributed by atoms with Crippen molar-refractivity contribution in [2.75, 3.05) is 0 Å². The molecule has 0 saturated carbocycles. The van der Waals surface area contributed by atoms with Gasteiger partial charge in [0.05, 0.1) is 5.54 Å². The van der Waals surface area contributed by atoms with Gasteiger partial charge in [-0.1, -0.05) is 20.8 Å². The minimum Gasteiger partial charge on any atom is -0.247 e. The summed E-state index contributed by atoms with van der Waals surface area (Å²) >= 11 is 0. The van der Waals surface area contributed by atoms with Gasteiger partial charge < -0.3 is 0 Å². The average Bonchev–Trinajstić information content (AvgIpc) is 2.34. The molecule has 0 aliphatic carbocycles. The number of nitrogens with zero attached hydrogens (tertiary/aromatic N) is 3. The molecule has 1 heterocycles. The van der Waals surface area contributed by atoms with Gasteiger partial charge in [-0.05, 0) is 19.3 Å². The first-order chi connectivity index (χ1) is 5.36. The molecule has 12 heavy (non-hydrogen) atoms. The van der Waals surface area contributed by atoms with Gasteiger partial charge in [-0.2, -0.15) is 5.10 Å². The van der Waals surface area contributed by atoms with Crippen LogP contribution >= 0.6 is 0 Å². The van der Waals surface area contributed by atoms with E-state index in [1.54, 1.807) is 12.7 Å². The Bertz CT molecular complexity index is 241. The topological polar surface area (TPSA) is 30.7 Å². The predicted octanol–water partition coefficient (Wildman–Crippen LogP) is 2.06. The van der Waals surface area contributed by atoms with E-state index in [-0.39, 0.29) is 11.0 Å². The summed E-state index contributed by atoms with van der Waals surface area (Å²) in [5, 5.41) is 4.16. The van der Waals surface area contributed by atoms with Crippen molar-refractivity contribution in [3.8, 4) is 0 Å². The van der Waals surface area contributed by atoms with E-state index in [9.17, 15) is 0 Å². The Kier molecular flexibility index (Phi) is 1.98. The van der Waals surface area contributed by atoms with E-state index in [0.29, 0.717) is 0 Å². The van der Waals surface area contributed by atoms with E-state index in [4.69, 9.17) is 0 Å². The first kappa shape index (κ1) is 9.23. The number of hydrogen-bond donors (Lipinski definition) is 0. The molecule has 0 spiro atoms. The van der Waals surface area contributed by atoms with Crippen molar-refractivity contribution in [2.24, 2.45) is 5.41 Å². The fraction of sp³-hybridized carbons (Fsp3) is 0.778. The molecule has 0 unspecified atom stereocenters. The summed E-state index contributed by atoms with van der Waals surface area (Å²) in [4.78, 5) is 3.95. The van der Waals surface area contributed by atoms with Crippen LogP contribution in [-0.2, 0) is 5.54 Å². The van der Waals surface area contributed by atoms with Crippen LogP contribution in [0.1, 0.15) is 34.6 Å². The first-order valence-corrected chi connectivity index (χ1v) is 4.21. The quantitative estimate of drug-likeness (QED) is 0.641. The summed E-state index contributed by atoms with van der Waals surface area (Å²) in [6.07, 6.45) is 3.35. The minimum absolute atomic E-state index is 0.00347. The Labute approximate surface area is 73.8 Å². The third-order valence-corrected chi connectivity index (χ3v) is 2.83. The molecule has 0 fully saturated rings. The van der Waals surface area contributed by atoms with Crippen LogP contribution in [0.3, 0.4) is 0 Å². The van der Waals surface area contributed by atoms with Gasteiger partial charge in [0.25, 0.3) is 0 Å². The second-order valence-electron chi connectivity index (χ2n) is 4.65. The maximum Gasteiger partial charge on any atom is 0.137 e. The monoisotopic (exact) mass is 167 g/mol. The van der Waals surface area contributed by atoms with Gasteiger partial charge in [0, 0.05) is 0 Å². The van der Waals surface area contributed by atoms with Gasteiger partial charge in [0.2, 0.25) is 0 Å². The third kappa shape index (κ3) is 1.36. The van der Waals surface area contributed by atoms with E-state index >= 15 is 0 Å². The lowest BCUT2D eigenvalue weighted by molar-refractivity contribution is 0.123. The van der Waals surface area contributed by atoms with Crippen molar-refractivity contribution in [1.29, 1.82) is 0 Å². The smallest absolute Gasteiger partial charge is 0.137 e.